The van der Waals surface area contributed by atoms with Crippen molar-refractivity contribution >= 4 is 14.3 Å². The number of nitrogens with zero attached hydrogens (tertiary/aromatic N) is 1. The molecule has 0 bridgehead atoms. The topological polar surface area (TPSA) is 70.0 Å². The molecule has 0 rings (SSSR count). The number of hydrogen-bond donors (Lipinski definition) is 2. The lowest BCUT2D eigenvalue weighted by molar-refractivity contribution is -0.146. The summed E-state index contributed by atoms with van der Waals surface area (Å²) in [4.78, 5) is 13.7. The Balaban J connectivity index is 5.15. The van der Waals surface area contributed by atoms with Gasteiger partial charge in [0.1, 0.15) is 0 Å². The zero-order valence-electron chi connectivity index (χ0n) is 30.4. The molecular formula is C37H77NO4Si. The number of carbonyl (C=O) groups is 1. The van der Waals surface area contributed by atoms with E-state index in [1.165, 1.54) is 109 Å². The molecule has 0 aromatic heterocycles. The monoisotopic (exact) mass is 628 g/mol. The highest BCUT2D eigenvalue weighted by molar-refractivity contribution is 6.74. The first-order valence-corrected chi connectivity index (χ1v) is 21.6. The fourth-order valence-corrected chi connectivity index (χ4v) is 7.17. The minimum atomic E-state index is -1.90. The maximum absolute atomic E-state index is 11.1. The lowest BCUT2D eigenvalue weighted by atomic mass is 10.00. The molecule has 0 aromatic rings. The van der Waals surface area contributed by atoms with Gasteiger partial charge in [0.25, 0.3) is 0 Å². The molecule has 5 nitrogen and oxygen atoms in total. The van der Waals surface area contributed by atoms with Gasteiger partial charge in [-0.1, -0.05) is 144 Å². The molecule has 0 aliphatic heterocycles. The summed E-state index contributed by atoms with van der Waals surface area (Å²) in [7, 11) is -1.90. The molecule has 258 valence electrons. The number of hydrogen-bond acceptors (Lipinski definition) is 4. The third-order valence-electron chi connectivity index (χ3n) is 9.72. The van der Waals surface area contributed by atoms with Crippen LogP contribution in [0.15, 0.2) is 0 Å². The number of unbranched alkanes of at least 4 members (excludes halogenated alkanes) is 15. The number of aliphatic hydroxyl groups excluding tert-OH is 1. The van der Waals surface area contributed by atoms with E-state index >= 15 is 0 Å². The number of aliphatic hydroxyl groups is 1. The van der Waals surface area contributed by atoms with E-state index in [9.17, 15) is 9.90 Å². The molecular weight excluding hydrogens is 550 g/mol. The summed E-state index contributed by atoms with van der Waals surface area (Å²) in [6.45, 7) is 21.7. The van der Waals surface area contributed by atoms with Crippen molar-refractivity contribution in [3.05, 3.63) is 0 Å². The van der Waals surface area contributed by atoms with Gasteiger partial charge < -0.3 is 19.5 Å². The quantitative estimate of drug-likeness (QED) is 0.0612. The lowest BCUT2D eigenvalue weighted by Gasteiger charge is -2.41. The van der Waals surface area contributed by atoms with E-state index in [0.717, 1.165) is 38.9 Å². The minimum absolute atomic E-state index is 0.187. The van der Waals surface area contributed by atoms with E-state index < -0.39 is 20.4 Å². The highest BCUT2D eigenvalue weighted by Gasteiger charge is 2.39. The second-order valence-corrected chi connectivity index (χ2v) is 20.0. The van der Waals surface area contributed by atoms with Crippen molar-refractivity contribution in [2.45, 2.75) is 207 Å². The summed E-state index contributed by atoms with van der Waals surface area (Å²) in [6.07, 6.45) is 24.9. The third kappa shape index (κ3) is 23.5. The summed E-state index contributed by atoms with van der Waals surface area (Å²) < 4.78 is 7.08. The molecule has 3 unspecified atom stereocenters. The first-order chi connectivity index (χ1) is 20.3. The Morgan fingerprint density at radius 2 is 1.14 bits per heavy atom. The Kier molecular flexibility index (Phi) is 25.5. The van der Waals surface area contributed by atoms with Gasteiger partial charge in [-0.15, -0.1) is 0 Å². The van der Waals surface area contributed by atoms with Gasteiger partial charge in [0.15, 0.2) is 14.4 Å². The van der Waals surface area contributed by atoms with E-state index in [1.807, 2.05) is 0 Å². The van der Waals surface area contributed by atoms with Crippen LogP contribution >= 0.6 is 0 Å². The van der Waals surface area contributed by atoms with Crippen molar-refractivity contribution in [3.63, 3.8) is 0 Å². The molecule has 0 radical (unpaired) electrons. The molecule has 3 atom stereocenters. The van der Waals surface area contributed by atoms with E-state index in [1.54, 1.807) is 0 Å². The second kappa shape index (κ2) is 25.7. The minimum Gasteiger partial charge on any atom is -0.479 e. The van der Waals surface area contributed by atoms with Gasteiger partial charge in [-0.3, -0.25) is 0 Å². The van der Waals surface area contributed by atoms with Crippen molar-refractivity contribution in [1.29, 1.82) is 0 Å². The van der Waals surface area contributed by atoms with Crippen LogP contribution in [-0.4, -0.2) is 61.2 Å². The summed E-state index contributed by atoms with van der Waals surface area (Å²) >= 11 is 0. The number of aliphatic carboxylic acids is 1. The van der Waals surface area contributed by atoms with Gasteiger partial charge in [-0.2, -0.15) is 0 Å². The molecule has 0 fully saturated rings. The zero-order chi connectivity index (χ0) is 32.6. The van der Waals surface area contributed by atoms with Crippen LogP contribution in [0, 0.1) is 5.92 Å². The van der Waals surface area contributed by atoms with Crippen molar-refractivity contribution in [2.75, 3.05) is 19.6 Å². The van der Waals surface area contributed by atoms with Crippen molar-refractivity contribution in [2.24, 2.45) is 5.92 Å². The smallest absolute Gasteiger partial charge is 0.332 e. The maximum Gasteiger partial charge on any atom is 0.332 e. The number of rotatable bonds is 30. The van der Waals surface area contributed by atoms with E-state index in [-0.39, 0.29) is 11.1 Å². The fourth-order valence-electron chi connectivity index (χ4n) is 5.79. The highest BCUT2D eigenvalue weighted by Crippen LogP contribution is 2.38. The van der Waals surface area contributed by atoms with Crippen LogP contribution in [0.25, 0.3) is 0 Å². The van der Waals surface area contributed by atoms with Crippen molar-refractivity contribution in [1.82, 2.24) is 4.90 Å². The van der Waals surface area contributed by atoms with Crippen LogP contribution in [0.5, 0.6) is 0 Å². The molecule has 0 aromatic carbocycles. The molecule has 0 spiro atoms. The van der Waals surface area contributed by atoms with Crippen molar-refractivity contribution < 1.29 is 19.4 Å². The van der Waals surface area contributed by atoms with Crippen LogP contribution in [0.3, 0.4) is 0 Å². The van der Waals surface area contributed by atoms with Gasteiger partial charge in [0.2, 0.25) is 0 Å². The van der Waals surface area contributed by atoms with Gasteiger partial charge in [-0.25, -0.2) is 4.79 Å². The average molecular weight is 628 g/mol. The molecule has 0 saturated carbocycles. The van der Waals surface area contributed by atoms with Crippen LogP contribution < -0.4 is 0 Å². The van der Waals surface area contributed by atoms with Gasteiger partial charge >= 0.3 is 5.97 Å². The SMILES string of the molecule is CCCCCCCCCCC(C)CN(CCCCC(O)C(=O)O)CC(CCCCCCCCCC)O[Si](C)(C)C(C)(C)C. The third-order valence-corrected chi connectivity index (χ3v) is 14.3. The second-order valence-electron chi connectivity index (χ2n) is 15.2. The summed E-state index contributed by atoms with van der Waals surface area (Å²) in [6, 6.07) is 0. The summed E-state index contributed by atoms with van der Waals surface area (Å²) in [5, 5.41) is 19.0. The lowest BCUT2D eigenvalue weighted by Crippen LogP contribution is -2.47. The maximum atomic E-state index is 11.1. The van der Waals surface area contributed by atoms with E-state index in [0.29, 0.717) is 12.3 Å². The van der Waals surface area contributed by atoms with Crippen LogP contribution in [0.4, 0.5) is 0 Å². The first-order valence-electron chi connectivity index (χ1n) is 18.6. The Hall–Kier alpha value is -0.433. The van der Waals surface area contributed by atoms with E-state index in [4.69, 9.17) is 9.53 Å². The van der Waals surface area contributed by atoms with Gasteiger partial charge in [-0.05, 0) is 62.7 Å². The van der Waals surface area contributed by atoms with Crippen molar-refractivity contribution in [3.8, 4) is 0 Å². The molecule has 2 N–H and O–H groups in total. The standard InChI is InChI=1S/C37H77NO4Si/c1-9-11-13-15-17-19-21-23-27-33(3)31-38(30-26-25-29-35(39)36(40)41)32-34(42-43(7,8)37(4,5)6)28-24-22-20-18-16-14-12-10-2/h33-35,39H,9-32H2,1-8H3,(H,40,41). The summed E-state index contributed by atoms with van der Waals surface area (Å²) in [5.74, 6) is -0.467. The van der Waals surface area contributed by atoms with Crippen LogP contribution in [-0.2, 0) is 9.22 Å². The highest BCUT2D eigenvalue weighted by atomic mass is 28.4. The van der Waals surface area contributed by atoms with E-state index in [2.05, 4.69) is 59.5 Å². The molecule has 0 aliphatic rings. The Morgan fingerprint density at radius 3 is 1.60 bits per heavy atom. The Morgan fingerprint density at radius 1 is 0.698 bits per heavy atom. The first kappa shape index (κ1) is 42.6. The predicted octanol–water partition coefficient (Wildman–Crippen LogP) is 11.0. The largest absolute Gasteiger partial charge is 0.479 e. The van der Waals surface area contributed by atoms with Crippen LogP contribution in [0.2, 0.25) is 18.1 Å². The number of carboxylic acid groups (broad SMARTS) is 1. The predicted molar refractivity (Wildman–Crippen MR) is 190 cm³/mol. The zero-order valence-corrected chi connectivity index (χ0v) is 31.4. The molecule has 0 amide bonds. The molecule has 0 aliphatic carbocycles. The molecule has 0 heterocycles. The fraction of sp³-hybridized carbons (Fsp3) is 0.973. The molecule has 43 heavy (non-hydrogen) atoms. The summed E-state index contributed by atoms with van der Waals surface area (Å²) in [5.41, 5.74) is 0. The Labute approximate surface area is 270 Å². The Bertz CT molecular complexity index is 651. The van der Waals surface area contributed by atoms with Gasteiger partial charge in [0.05, 0.1) is 6.10 Å². The molecule has 0 saturated heterocycles. The van der Waals surface area contributed by atoms with Gasteiger partial charge in [0, 0.05) is 13.1 Å². The normalized spacial score (nSPS) is 14.7. The average Bonchev–Trinajstić information content (AvgIpc) is 2.92. The molecule has 6 heteroatoms. The number of carboxylic acids is 1. The van der Waals surface area contributed by atoms with Crippen LogP contribution in [0.1, 0.15) is 176 Å².